The van der Waals surface area contributed by atoms with Gasteiger partial charge in [-0.3, -0.25) is 0 Å². The van der Waals surface area contributed by atoms with Gasteiger partial charge in [0.15, 0.2) is 0 Å². The standard InChI is InChI=1S/C5H14N2O3/c1-8-2-5(3-9-6)4-10-7/h5H,2-4,6-7H2,1H3. The summed E-state index contributed by atoms with van der Waals surface area (Å²) in [7, 11) is 1.60. The Morgan fingerprint density at radius 2 is 1.60 bits per heavy atom. The van der Waals surface area contributed by atoms with Gasteiger partial charge in [0.25, 0.3) is 0 Å². The summed E-state index contributed by atoms with van der Waals surface area (Å²) in [5.74, 6) is 9.79. The Hall–Kier alpha value is -0.200. The molecule has 0 unspecified atom stereocenters. The van der Waals surface area contributed by atoms with Crippen LogP contribution in [0.15, 0.2) is 0 Å². The summed E-state index contributed by atoms with van der Waals surface area (Å²) in [6.07, 6.45) is 0. The number of methoxy groups -OCH3 is 1. The van der Waals surface area contributed by atoms with E-state index in [0.29, 0.717) is 19.8 Å². The van der Waals surface area contributed by atoms with Crippen LogP contribution in [0, 0.1) is 5.92 Å². The third-order valence-electron chi connectivity index (χ3n) is 1.07. The van der Waals surface area contributed by atoms with Crippen molar-refractivity contribution >= 4 is 0 Å². The van der Waals surface area contributed by atoms with Crippen LogP contribution in [-0.2, 0) is 14.4 Å². The Morgan fingerprint density at radius 1 is 1.10 bits per heavy atom. The summed E-state index contributed by atoms with van der Waals surface area (Å²) in [6.45, 7) is 1.32. The van der Waals surface area contributed by atoms with E-state index < -0.39 is 0 Å². The van der Waals surface area contributed by atoms with Crippen LogP contribution < -0.4 is 11.8 Å². The molecule has 0 fully saturated rings. The molecular formula is C5H14N2O3. The summed E-state index contributed by atoms with van der Waals surface area (Å²) in [5, 5.41) is 0. The maximum absolute atomic E-state index is 4.84. The van der Waals surface area contributed by atoms with Gasteiger partial charge in [0.2, 0.25) is 0 Å². The van der Waals surface area contributed by atoms with Gasteiger partial charge in [-0.1, -0.05) is 0 Å². The van der Waals surface area contributed by atoms with Crippen molar-refractivity contribution in [2.24, 2.45) is 17.7 Å². The first kappa shape index (κ1) is 9.80. The van der Waals surface area contributed by atoms with Gasteiger partial charge in [0, 0.05) is 13.0 Å². The Morgan fingerprint density at radius 3 is 1.90 bits per heavy atom. The number of hydrogen-bond acceptors (Lipinski definition) is 5. The fourth-order valence-corrected chi connectivity index (χ4v) is 0.652. The number of hydrogen-bond donors (Lipinski definition) is 2. The van der Waals surface area contributed by atoms with Crippen molar-refractivity contribution < 1.29 is 14.4 Å². The van der Waals surface area contributed by atoms with E-state index in [1.54, 1.807) is 7.11 Å². The zero-order valence-electron chi connectivity index (χ0n) is 6.08. The molecule has 0 amide bonds. The molecule has 0 saturated carbocycles. The minimum absolute atomic E-state index is 0.111. The van der Waals surface area contributed by atoms with E-state index in [0.717, 1.165) is 0 Å². The molecule has 0 heterocycles. The number of rotatable bonds is 6. The molecule has 0 rings (SSSR count). The summed E-state index contributed by atoms with van der Waals surface area (Å²) in [6, 6.07) is 0. The Balaban J connectivity index is 3.30. The third kappa shape index (κ3) is 4.66. The number of nitrogens with two attached hydrogens (primary N) is 2. The van der Waals surface area contributed by atoms with Crippen molar-refractivity contribution in [1.82, 2.24) is 0 Å². The van der Waals surface area contributed by atoms with E-state index in [9.17, 15) is 0 Å². The molecule has 0 aliphatic carbocycles. The van der Waals surface area contributed by atoms with Gasteiger partial charge >= 0.3 is 0 Å². The van der Waals surface area contributed by atoms with Crippen molar-refractivity contribution in [2.45, 2.75) is 0 Å². The third-order valence-corrected chi connectivity index (χ3v) is 1.07. The lowest BCUT2D eigenvalue weighted by Gasteiger charge is -2.11. The second-order valence-electron chi connectivity index (χ2n) is 1.99. The molecule has 0 spiro atoms. The highest BCUT2D eigenvalue weighted by Crippen LogP contribution is 1.95. The van der Waals surface area contributed by atoms with Crippen molar-refractivity contribution in [3.05, 3.63) is 0 Å². The zero-order chi connectivity index (χ0) is 7.82. The largest absolute Gasteiger partial charge is 0.384 e. The highest BCUT2D eigenvalue weighted by atomic mass is 16.6. The second-order valence-corrected chi connectivity index (χ2v) is 1.99. The highest BCUT2D eigenvalue weighted by Gasteiger charge is 2.07. The molecule has 0 aromatic rings. The summed E-state index contributed by atoms with van der Waals surface area (Å²) < 4.78 is 4.84. The molecule has 4 N–H and O–H groups in total. The molecule has 10 heavy (non-hydrogen) atoms. The first-order valence-corrected chi connectivity index (χ1v) is 2.97. The van der Waals surface area contributed by atoms with Gasteiger partial charge in [0.05, 0.1) is 19.8 Å². The molecule has 0 aliphatic rings. The fraction of sp³-hybridized carbons (Fsp3) is 1.00. The maximum atomic E-state index is 4.84. The van der Waals surface area contributed by atoms with Crippen molar-refractivity contribution in [1.29, 1.82) is 0 Å². The zero-order valence-corrected chi connectivity index (χ0v) is 6.08. The topological polar surface area (TPSA) is 79.7 Å². The maximum Gasteiger partial charge on any atom is 0.0752 e. The van der Waals surface area contributed by atoms with E-state index in [4.69, 9.17) is 16.5 Å². The quantitative estimate of drug-likeness (QED) is 0.476. The van der Waals surface area contributed by atoms with E-state index in [1.807, 2.05) is 0 Å². The molecule has 5 nitrogen and oxygen atoms in total. The normalized spacial score (nSPS) is 10.8. The van der Waals surface area contributed by atoms with Crippen LogP contribution in [0.5, 0.6) is 0 Å². The van der Waals surface area contributed by atoms with Gasteiger partial charge in [0.1, 0.15) is 0 Å². The Labute approximate surface area is 60.1 Å². The molecule has 0 atom stereocenters. The van der Waals surface area contributed by atoms with Gasteiger partial charge in [-0.05, 0) is 0 Å². The molecule has 5 heteroatoms. The molecular weight excluding hydrogens is 136 g/mol. The molecule has 0 aromatic heterocycles. The smallest absolute Gasteiger partial charge is 0.0752 e. The van der Waals surface area contributed by atoms with E-state index in [2.05, 4.69) is 9.68 Å². The SMILES string of the molecule is COCC(CON)CON. The van der Waals surface area contributed by atoms with E-state index in [-0.39, 0.29) is 5.92 Å². The molecule has 62 valence electrons. The first-order chi connectivity index (χ1) is 4.85. The second kappa shape index (κ2) is 6.91. The molecule has 0 bridgehead atoms. The van der Waals surface area contributed by atoms with Crippen LogP contribution in [0.3, 0.4) is 0 Å². The van der Waals surface area contributed by atoms with Gasteiger partial charge < -0.3 is 14.4 Å². The predicted octanol–water partition coefficient (Wildman–Crippen LogP) is -0.970. The Kier molecular flexibility index (Phi) is 6.78. The highest BCUT2D eigenvalue weighted by molar-refractivity contribution is 4.53. The summed E-state index contributed by atoms with van der Waals surface area (Å²) >= 11 is 0. The van der Waals surface area contributed by atoms with Crippen LogP contribution in [0.1, 0.15) is 0 Å². The first-order valence-electron chi connectivity index (χ1n) is 2.97. The minimum atomic E-state index is 0.111. The van der Waals surface area contributed by atoms with Crippen LogP contribution in [-0.4, -0.2) is 26.9 Å². The number of ether oxygens (including phenoxy) is 1. The van der Waals surface area contributed by atoms with Crippen LogP contribution in [0.2, 0.25) is 0 Å². The van der Waals surface area contributed by atoms with E-state index in [1.165, 1.54) is 0 Å². The monoisotopic (exact) mass is 150 g/mol. The summed E-state index contributed by atoms with van der Waals surface area (Å²) in [5.41, 5.74) is 0. The predicted molar refractivity (Wildman–Crippen MR) is 35.6 cm³/mol. The van der Waals surface area contributed by atoms with Gasteiger partial charge in [-0.15, -0.1) is 0 Å². The van der Waals surface area contributed by atoms with Crippen LogP contribution in [0.25, 0.3) is 0 Å². The van der Waals surface area contributed by atoms with E-state index >= 15 is 0 Å². The van der Waals surface area contributed by atoms with Crippen molar-refractivity contribution in [3.63, 3.8) is 0 Å². The van der Waals surface area contributed by atoms with Crippen LogP contribution in [0.4, 0.5) is 0 Å². The van der Waals surface area contributed by atoms with Crippen LogP contribution >= 0.6 is 0 Å². The summed E-state index contributed by atoms with van der Waals surface area (Å²) in [4.78, 5) is 8.79. The fourth-order valence-electron chi connectivity index (χ4n) is 0.652. The van der Waals surface area contributed by atoms with Gasteiger partial charge in [-0.2, -0.15) is 0 Å². The Bertz CT molecular complexity index is 57.6. The van der Waals surface area contributed by atoms with Gasteiger partial charge in [-0.25, -0.2) is 11.8 Å². The molecule has 0 saturated heterocycles. The van der Waals surface area contributed by atoms with Crippen molar-refractivity contribution in [3.8, 4) is 0 Å². The minimum Gasteiger partial charge on any atom is -0.384 e. The molecule has 0 radical (unpaired) electrons. The average Bonchev–Trinajstić information content (AvgIpc) is 1.90. The molecule has 0 aromatic carbocycles. The lowest BCUT2D eigenvalue weighted by molar-refractivity contribution is 0.00466. The van der Waals surface area contributed by atoms with Crippen molar-refractivity contribution in [2.75, 3.05) is 26.9 Å². The molecule has 0 aliphatic heterocycles. The lowest BCUT2D eigenvalue weighted by atomic mass is 10.2. The average molecular weight is 150 g/mol. The lowest BCUT2D eigenvalue weighted by Crippen LogP contribution is -2.24.